The van der Waals surface area contributed by atoms with Crippen molar-refractivity contribution < 1.29 is 9.59 Å². The first-order valence-corrected chi connectivity index (χ1v) is 5.80. The number of Topliss-reactive ketones (excluding diaryl/α,β-unsaturated/α-hetero) is 2. The molecule has 0 heterocycles. The minimum atomic E-state index is 0.0544. The molecule has 2 heteroatoms. The average Bonchev–Trinajstić information content (AvgIpc) is 2.28. The van der Waals surface area contributed by atoms with Crippen LogP contribution in [-0.2, 0) is 11.2 Å². The van der Waals surface area contributed by atoms with Crippen molar-refractivity contribution in [3.63, 3.8) is 0 Å². The van der Waals surface area contributed by atoms with E-state index in [1.807, 2.05) is 24.3 Å². The van der Waals surface area contributed by atoms with Crippen molar-refractivity contribution in [2.24, 2.45) is 5.92 Å². The fourth-order valence-corrected chi connectivity index (χ4v) is 2.31. The van der Waals surface area contributed by atoms with Crippen LogP contribution in [0.3, 0.4) is 0 Å². The van der Waals surface area contributed by atoms with E-state index in [1.165, 1.54) is 0 Å². The van der Waals surface area contributed by atoms with Crippen molar-refractivity contribution in [3.8, 4) is 0 Å². The summed E-state index contributed by atoms with van der Waals surface area (Å²) in [4.78, 5) is 23.0. The van der Waals surface area contributed by atoms with Gasteiger partial charge in [-0.3, -0.25) is 4.79 Å². The third-order valence-electron chi connectivity index (χ3n) is 3.26. The van der Waals surface area contributed by atoms with E-state index >= 15 is 0 Å². The Labute approximate surface area is 95.7 Å². The molecule has 2 nitrogen and oxygen atoms in total. The predicted octanol–water partition coefficient (Wildman–Crippen LogP) is 2.80. The van der Waals surface area contributed by atoms with Crippen molar-refractivity contribution >= 4 is 11.6 Å². The smallest absolute Gasteiger partial charge is 0.166 e. The first kappa shape index (κ1) is 11.1. The Balaban J connectivity index is 2.12. The Morgan fingerprint density at radius 1 is 1.38 bits per heavy atom. The van der Waals surface area contributed by atoms with Gasteiger partial charge < -0.3 is 4.79 Å². The minimum Gasteiger partial charge on any atom is -0.300 e. The number of aryl methyl sites for hydroxylation is 1. The molecule has 1 aromatic rings. The van der Waals surface area contributed by atoms with E-state index in [9.17, 15) is 9.59 Å². The molecular weight excluding hydrogens is 200 g/mol. The monoisotopic (exact) mass is 216 g/mol. The highest BCUT2D eigenvalue weighted by Gasteiger charge is 2.26. The molecule has 0 saturated carbocycles. The van der Waals surface area contributed by atoms with Gasteiger partial charge in [0.25, 0.3) is 0 Å². The Morgan fingerprint density at radius 2 is 2.12 bits per heavy atom. The van der Waals surface area contributed by atoms with Crippen LogP contribution < -0.4 is 0 Å². The molecular formula is C14H16O2. The molecule has 1 aromatic carbocycles. The summed E-state index contributed by atoms with van der Waals surface area (Å²) in [6, 6.07) is 7.80. The molecule has 1 aliphatic rings. The predicted molar refractivity (Wildman–Crippen MR) is 62.5 cm³/mol. The number of benzene rings is 1. The van der Waals surface area contributed by atoms with Crippen LogP contribution in [0.4, 0.5) is 0 Å². The molecule has 0 aromatic heterocycles. The second-order valence-electron chi connectivity index (χ2n) is 4.50. The minimum absolute atomic E-state index is 0.0544. The molecule has 1 unspecified atom stereocenters. The van der Waals surface area contributed by atoms with E-state index in [-0.39, 0.29) is 17.5 Å². The number of carbonyl (C=O) groups excluding carboxylic acids is 2. The lowest BCUT2D eigenvalue weighted by Crippen LogP contribution is -2.23. The quantitative estimate of drug-likeness (QED) is 0.778. The third-order valence-corrected chi connectivity index (χ3v) is 3.26. The zero-order valence-electron chi connectivity index (χ0n) is 9.53. The molecule has 0 radical (unpaired) electrons. The van der Waals surface area contributed by atoms with Crippen molar-refractivity contribution in [3.05, 3.63) is 35.4 Å². The molecule has 0 fully saturated rings. The highest BCUT2D eigenvalue weighted by atomic mass is 16.1. The summed E-state index contributed by atoms with van der Waals surface area (Å²) in [7, 11) is 0. The second kappa shape index (κ2) is 4.60. The summed E-state index contributed by atoms with van der Waals surface area (Å²) in [5.41, 5.74) is 2.02. The molecule has 0 aliphatic heterocycles. The van der Waals surface area contributed by atoms with E-state index in [2.05, 4.69) is 0 Å². The highest BCUT2D eigenvalue weighted by Crippen LogP contribution is 2.28. The zero-order valence-corrected chi connectivity index (χ0v) is 9.53. The molecule has 0 bridgehead atoms. The Kier molecular flexibility index (Phi) is 3.18. The molecule has 0 amide bonds. The van der Waals surface area contributed by atoms with Gasteiger partial charge in [-0.25, -0.2) is 0 Å². The van der Waals surface area contributed by atoms with Gasteiger partial charge >= 0.3 is 0 Å². The van der Waals surface area contributed by atoms with E-state index in [0.29, 0.717) is 12.8 Å². The normalized spacial score (nSPS) is 19.3. The highest BCUT2D eigenvalue weighted by molar-refractivity contribution is 6.00. The Morgan fingerprint density at radius 3 is 2.88 bits per heavy atom. The van der Waals surface area contributed by atoms with E-state index in [0.717, 1.165) is 24.0 Å². The van der Waals surface area contributed by atoms with Crippen LogP contribution in [0.2, 0.25) is 0 Å². The van der Waals surface area contributed by atoms with Crippen LogP contribution in [0.1, 0.15) is 42.1 Å². The van der Waals surface area contributed by atoms with E-state index < -0.39 is 0 Å². The summed E-state index contributed by atoms with van der Waals surface area (Å²) in [5.74, 6) is 0.452. The van der Waals surface area contributed by atoms with Gasteiger partial charge in [0, 0.05) is 17.9 Å². The first-order valence-electron chi connectivity index (χ1n) is 5.80. The van der Waals surface area contributed by atoms with Crippen LogP contribution >= 0.6 is 0 Å². The zero-order chi connectivity index (χ0) is 11.5. The van der Waals surface area contributed by atoms with Gasteiger partial charge in [0.2, 0.25) is 0 Å². The molecule has 2 rings (SSSR count). The maximum absolute atomic E-state index is 12.1. The lowest BCUT2D eigenvalue weighted by molar-refractivity contribution is -0.117. The van der Waals surface area contributed by atoms with Crippen LogP contribution in [0.15, 0.2) is 24.3 Å². The van der Waals surface area contributed by atoms with Gasteiger partial charge in [-0.2, -0.15) is 0 Å². The van der Waals surface area contributed by atoms with Gasteiger partial charge in [-0.15, -0.1) is 0 Å². The van der Waals surface area contributed by atoms with E-state index in [1.54, 1.807) is 6.92 Å². The van der Waals surface area contributed by atoms with Crippen LogP contribution in [0.5, 0.6) is 0 Å². The molecule has 16 heavy (non-hydrogen) atoms. The fraction of sp³-hybridized carbons (Fsp3) is 0.429. The number of rotatable bonds is 3. The maximum Gasteiger partial charge on any atom is 0.166 e. The summed E-state index contributed by atoms with van der Waals surface area (Å²) in [5, 5.41) is 0. The molecule has 1 atom stereocenters. The maximum atomic E-state index is 12.1. The summed E-state index contributed by atoms with van der Waals surface area (Å²) >= 11 is 0. The molecule has 84 valence electrons. The SMILES string of the molecule is CC(=O)CCC1CCc2ccccc2C1=O. The van der Waals surface area contributed by atoms with Crippen molar-refractivity contribution in [2.45, 2.75) is 32.6 Å². The van der Waals surface area contributed by atoms with Crippen LogP contribution in [-0.4, -0.2) is 11.6 Å². The lowest BCUT2D eigenvalue weighted by Gasteiger charge is -2.22. The molecule has 0 saturated heterocycles. The summed E-state index contributed by atoms with van der Waals surface area (Å²) in [6.07, 6.45) is 3.09. The molecule has 0 spiro atoms. The molecule has 0 N–H and O–H groups in total. The summed E-state index contributed by atoms with van der Waals surface area (Å²) < 4.78 is 0. The van der Waals surface area contributed by atoms with E-state index in [4.69, 9.17) is 0 Å². The summed E-state index contributed by atoms with van der Waals surface area (Å²) in [6.45, 7) is 1.58. The van der Waals surface area contributed by atoms with Gasteiger partial charge in [0.15, 0.2) is 5.78 Å². The van der Waals surface area contributed by atoms with Crippen molar-refractivity contribution in [1.29, 1.82) is 0 Å². The Bertz CT molecular complexity index is 420. The van der Waals surface area contributed by atoms with Gasteiger partial charge in [0.1, 0.15) is 5.78 Å². The second-order valence-corrected chi connectivity index (χ2v) is 4.50. The number of ketones is 2. The Hall–Kier alpha value is -1.44. The third kappa shape index (κ3) is 2.21. The van der Waals surface area contributed by atoms with Crippen molar-refractivity contribution in [2.75, 3.05) is 0 Å². The number of hydrogen-bond donors (Lipinski definition) is 0. The largest absolute Gasteiger partial charge is 0.300 e. The standard InChI is InChI=1S/C14H16O2/c1-10(15)6-7-12-9-8-11-4-2-3-5-13(11)14(12)16/h2-5,12H,6-9H2,1H3. The van der Waals surface area contributed by atoms with Crippen LogP contribution in [0.25, 0.3) is 0 Å². The van der Waals surface area contributed by atoms with Gasteiger partial charge in [-0.1, -0.05) is 24.3 Å². The number of fused-ring (bicyclic) bond motifs is 1. The topological polar surface area (TPSA) is 34.1 Å². The van der Waals surface area contributed by atoms with Crippen molar-refractivity contribution in [1.82, 2.24) is 0 Å². The van der Waals surface area contributed by atoms with Gasteiger partial charge in [-0.05, 0) is 31.7 Å². The number of hydrogen-bond acceptors (Lipinski definition) is 2. The van der Waals surface area contributed by atoms with Crippen LogP contribution in [0, 0.1) is 5.92 Å². The lowest BCUT2D eigenvalue weighted by atomic mass is 9.80. The number of carbonyl (C=O) groups is 2. The van der Waals surface area contributed by atoms with Gasteiger partial charge in [0.05, 0.1) is 0 Å². The fourth-order valence-electron chi connectivity index (χ4n) is 2.31. The average molecular weight is 216 g/mol. The molecule has 1 aliphatic carbocycles. The first-order chi connectivity index (χ1) is 7.68.